The fourth-order valence-corrected chi connectivity index (χ4v) is 2.62. The van der Waals surface area contributed by atoms with Gasteiger partial charge in [0.25, 0.3) is 11.8 Å². The summed E-state index contributed by atoms with van der Waals surface area (Å²) in [6.07, 6.45) is 1.56. The lowest BCUT2D eigenvalue weighted by Crippen LogP contribution is -2.35. The second-order valence-corrected chi connectivity index (χ2v) is 5.73. The Labute approximate surface area is 145 Å². The Kier molecular flexibility index (Phi) is 4.79. The molecule has 6 heteroatoms. The molecule has 0 fully saturated rings. The first kappa shape index (κ1) is 16.7. The molecule has 3 rings (SSSR count). The van der Waals surface area contributed by atoms with Crippen LogP contribution in [0.2, 0.25) is 0 Å². The molecule has 0 spiro atoms. The zero-order valence-electron chi connectivity index (χ0n) is 14.1. The first-order valence-electron chi connectivity index (χ1n) is 8.04. The van der Waals surface area contributed by atoms with Crippen molar-refractivity contribution in [2.24, 2.45) is 0 Å². The van der Waals surface area contributed by atoms with Crippen molar-refractivity contribution in [2.75, 3.05) is 13.1 Å². The number of carbonyl (C=O) groups excluding carboxylic acids is 2. The Bertz CT molecular complexity index is 916. The van der Waals surface area contributed by atoms with Crippen molar-refractivity contribution in [1.82, 2.24) is 15.6 Å². The molecule has 6 nitrogen and oxygen atoms in total. The Morgan fingerprint density at radius 3 is 2.44 bits per heavy atom. The lowest BCUT2D eigenvalue weighted by atomic mass is 10.1. The molecule has 0 unspecified atom stereocenters. The molecule has 0 radical (unpaired) electrons. The van der Waals surface area contributed by atoms with Crippen molar-refractivity contribution in [3.63, 3.8) is 0 Å². The van der Waals surface area contributed by atoms with E-state index >= 15 is 0 Å². The SMILES string of the molecule is Cc1c(C(=O)NCCNC(=O)c2ccccn2)oc2c(C)cccc12. The highest BCUT2D eigenvalue weighted by Crippen LogP contribution is 2.27. The molecule has 25 heavy (non-hydrogen) atoms. The summed E-state index contributed by atoms with van der Waals surface area (Å²) in [6, 6.07) is 10.9. The van der Waals surface area contributed by atoms with Crippen LogP contribution in [0, 0.1) is 13.8 Å². The summed E-state index contributed by atoms with van der Waals surface area (Å²) in [4.78, 5) is 28.2. The van der Waals surface area contributed by atoms with Crippen molar-refractivity contribution >= 4 is 22.8 Å². The number of hydrogen-bond donors (Lipinski definition) is 2. The molecular weight excluding hydrogens is 318 g/mol. The maximum absolute atomic E-state index is 12.3. The minimum atomic E-state index is -0.291. The Balaban J connectivity index is 1.57. The van der Waals surface area contributed by atoms with E-state index in [2.05, 4.69) is 15.6 Å². The molecule has 1 aromatic carbocycles. The monoisotopic (exact) mass is 337 g/mol. The van der Waals surface area contributed by atoms with Crippen LogP contribution < -0.4 is 10.6 Å². The smallest absolute Gasteiger partial charge is 0.287 e. The highest BCUT2D eigenvalue weighted by atomic mass is 16.3. The van der Waals surface area contributed by atoms with Crippen LogP contribution in [0.15, 0.2) is 47.0 Å². The fourth-order valence-electron chi connectivity index (χ4n) is 2.62. The summed E-state index contributed by atoms with van der Waals surface area (Å²) in [6.45, 7) is 4.41. The van der Waals surface area contributed by atoms with E-state index in [1.807, 2.05) is 32.0 Å². The van der Waals surface area contributed by atoms with Crippen LogP contribution in [0.4, 0.5) is 0 Å². The van der Waals surface area contributed by atoms with Gasteiger partial charge in [-0.3, -0.25) is 14.6 Å². The van der Waals surface area contributed by atoms with Crippen LogP contribution in [-0.4, -0.2) is 29.9 Å². The Hall–Kier alpha value is -3.15. The lowest BCUT2D eigenvalue weighted by molar-refractivity contribution is 0.0910. The topological polar surface area (TPSA) is 84.2 Å². The molecule has 0 aliphatic heterocycles. The molecule has 2 aromatic heterocycles. The van der Waals surface area contributed by atoms with Crippen LogP contribution in [-0.2, 0) is 0 Å². The number of nitrogens with zero attached hydrogens (tertiary/aromatic N) is 1. The molecular formula is C19H19N3O3. The quantitative estimate of drug-likeness (QED) is 0.701. The number of furan rings is 1. The molecule has 2 heterocycles. The number of aryl methyl sites for hydroxylation is 2. The Morgan fingerprint density at radius 1 is 1.00 bits per heavy atom. The van der Waals surface area contributed by atoms with Gasteiger partial charge in [-0.2, -0.15) is 0 Å². The van der Waals surface area contributed by atoms with Crippen LogP contribution in [0.25, 0.3) is 11.0 Å². The van der Waals surface area contributed by atoms with Crippen molar-refractivity contribution in [1.29, 1.82) is 0 Å². The van der Waals surface area contributed by atoms with Gasteiger partial charge in [0.15, 0.2) is 5.76 Å². The first-order valence-corrected chi connectivity index (χ1v) is 8.04. The third kappa shape index (κ3) is 3.52. The van der Waals surface area contributed by atoms with Crippen molar-refractivity contribution in [3.05, 3.63) is 65.2 Å². The van der Waals surface area contributed by atoms with Crippen LogP contribution >= 0.6 is 0 Å². The molecule has 2 amide bonds. The van der Waals surface area contributed by atoms with Gasteiger partial charge < -0.3 is 15.1 Å². The highest BCUT2D eigenvalue weighted by molar-refractivity contribution is 5.99. The molecule has 0 atom stereocenters. The van der Waals surface area contributed by atoms with Crippen molar-refractivity contribution in [3.8, 4) is 0 Å². The van der Waals surface area contributed by atoms with Gasteiger partial charge in [0.2, 0.25) is 0 Å². The predicted molar refractivity (Wildman–Crippen MR) is 94.6 cm³/mol. The third-order valence-electron chi connectivity index (χ3n) is 3.96. The van der Waals surface area contributed by atoms with Crippen molar-refractivity contribution < 1.29 is 14.0 Å². The van der Waals surface area contributed by atoms with Gasteiger partial charge >= 0.3 is 0 Å². The van der Waals surface area contributed by atoms with E-state index in [4.69, 9.17) is 4.42 Å². The normalized spacial score (nSPS) is 10.6. The molecule has 0 aliphatic rings. The van der Waals surface area contributed by atoms with Crippen LogP contribution in [0.1, 0.15) is 32.2 Å². The van der Waals surface area contributed by atoms with Gasteiger partial charge in [0.05, 0.1) is 0 Å². The van der Waals surface area contributed by atoms with Crippen molar-refractivity contribution in [2.45, 2.75) is 13.8 Å². The number of hydrogen-bond acceptors (Lipinski definition) is 4. The minimum Gasteiger partial charge on any atom is -0.450 e. The summed E-state index contributed by atoms with van der Waals surface area (Å²) in [5, 5.41) is 6.41. The standard InChI is InChI=1S/C19H19N3O3/c1-12-6-5-7-14-13(2)17(25-16(12)14)19(24)22-11-10-21-18(23)15-8-3-4-9-20-15/h3-9H,10-11H2,1-2H3,(H,21,23)(H,22,24). The number of benzene rings is 1. The van der Waals surface area contributed by atoms with Crippen LogP contribution in [0.3, 0.4) is 0 Å². The highest BCUT2D eigenvalue weighted by Gasteiger charge is 2.18. The van der Waals surface area contributed by atoms with E-state index in [-0.39, 0.29) is 11.8 Å². The molecule has 0 aliphatic carbocycles. The fraction of sp³-hybridized carbons (Fsp3) is 0.211. The maximum atomic E-state index is 12.3. The van der Waals surface area contributed by atoms with Gasteiger partial charge in [-0.05, 0) is 31.5 Å². The largest absolute Gasteiger partial charge is 0.450 e. The van der Waals surface area contributed by atoms with E-state index in [0.717, 1.165) is 22.1 Å². The summed E-state index contributed by atoms with van der Waals surface area (Å²) >= 11 is 0. The zero-order chi connectivity index (χ0) is 17.8. The molecule has 0 saturated carbocycles. The second kappa shape index (κ2) is 7.17. The van der Waals surface area contributed by atoms with Gasteiger partial charge in [-0.1, -0.05) is 24.3 Å². The van der Waals surface area contributed by atoms with Gasteiger partial charge in [0.1, 0.15) is 11.3 Å². The second-order valence-electron chi connectivity index (χ2n) is 5.73. The van der Waals surface area contributed by atoms with Gasteiger partial charge in [-0.25, -0.2) is 0 Å². The number of fused-ring (bicyclic) bond motifs is 1. The summed E-state index contributed by atoms with van der Waals surface area (Å²) < 4.78 is 5.73. The van der Waals surface area contributed by atoms with Gasteiger partial charge in [0, 0.05) is 30.2 Å². The number of pyridine rings is 1. The number of rotatable bonds is 5. The minimum absolute atomic E-state index is 0.273. The summed E-state index contributed by atoms with van der Waals surface area (Å²) in [5.74, 6) is -0.258. The summed E-state index contributed by atoms with van der Waals surface area (Å²) in [7, 11) is 0. The van der Waals surface area contributed by atoms with E-state index in [9.17, 15) is 9.59 Å². The number of carbonyl (C=O) groups is 2. The zero-order valence-corrected chi connectivity index (χ0v) is 14.1. The number of para-hydroxylation sites is 1. The predicted octanol–water partition coefficient (Wildman–Crippen LogP) is 2.60. The average Bonchev–Trinajstić information content (AvgIpc) is 2.97. The van der Waals surface area contributed by atoms with E-state index in [1.54, 1.807) is 24.4 Å². The number of aromatic nitrogens is 1. The molecule has 2 N–H and O–H groups in total. The molecule has 128 valence electrons. The molecule has 0 saturated heterocycles. The molecule has 0 bridgehead atoms. The third-order valence-corrected chi connectivity index (χ3v) is 3.96. The van der Waals surface area contributed by atoms with E-state index in [1.165, 1.54) is 0 Å². The number of nitrogens with one attached hydrogen (secondary N) is 2. The van der Waals surface area contributed by atoms with E-state index < -0.39 is 0 Å². The van der Waals surface area contributed by atoms with Gasteiger partial charge in [-0.15, -0.1) is 0 Å². The average molecular weight is 337 g/mol. The Morgan fingerprint density at radius 2 is 1.76 bits per heavy atom. The lowest BCUT2D eigenvalue weighted by Gasteiger charge is -2.06. The summed E-state index contributed by atoms with van der Waals surface area (Å²) in [5.41, 5.74) is 2.88. The molecule has 3 aromatic rings. The number of amides is 2. The van der Waals surface area contributed by atoms with Crippen LogP contribution in [0.5, 0.6) is 0 Å². The van der Waals surface area contributed by atoms with E-state index in [0.29, 0.717) is 24.5 Å². The first-order chi connectivity index (χ1) is 12.1. The maximum Gasteiger partial charge on any atom is 0.287 e.